The summed E-state index contributed by atoms with van der Waals surface area (Å²) in [6.07, 6.45) is 6.35. The summed E-state index contributed by atoms with van der Waals surface area (Å²) in [4.78, 5) is 4.26. The molecule has 98 valence electrons. The van der Waals surface area contributed by atoms with E-state index >= 15 is 0 Å². The highest BCUT2D eigenvalue weighted by Gasteiger charge is 2.22. The molecule has 1 aromatic heterocycles. The number of nitrogens with one attached hydrogen (secondary N) is 2. The third kappa shape index (κ3) is 3.40. The van der Waals surface area contributed by atoms with Crippen LogP contribution in [0, 0.1) is 6.92 Å². The number of nitrogens with zero attached hydrogens (tertiary/aromatic N) is 1. The van der Waals surface area contributed by atoms with Crippen molar-refractivity contribution in [1.82, 2.24) is 10.3 Å². The smallest absolute Gasteiger partial charge is 0.172 e. The normalized spacial score (nSPS) is 23.4. The Kier molecular flexibility index (Phi) is 4.49. The van der Waals surface area contributed by atoms with Gasteiger partial charge in [0.2, 0.25) is 0 Å². The second-order valence-corrected chi connectivity index (χ2v) is 5.23. The van der Waals surface area contributed by atoms with Crippen molar-refractivity contribution in [2.24, 2.45) is 5.73 Å². The molecule has 0 unspecified atom stereocenters. The van der Waals surface area contributed by atoms with Gasteiger partial charge in [0.15, 0.2) is 5.11 Å². The van der Waals surface area contributed by atoms with Gasteiger partial charge in [0.25, 0.3) is 0 Å². The van der Waals surface area contributed by atoms with E-state index in [0.717, 1.165) is 24.2 Å². The summed E-state index contributed by atoms with van der Waals surface area (Å²) in [5.74, 6) is 0.805. The number of pyridine rings is 1. The predicted molar refractivity (Wildman–Crippen MR) is 78.6 cm³/mol. The lowest BCUT2D eigenvalue weighted by molar-refractivity contribution is 0.361. The van der Waals surface area contributed by atoms with Gasteiger partial charge in [-0.25, -0.2) is 4.98 Å². The van der Waals surface area contributed by atoms with E-state index in [0.29, 0.717) is 5.11 Å². The fourth-order valence-corrected chi connectivity index (χ4v) is 2.52. The third-order valence-electron chi connectivity index (χ3n) is 3.38. The molecule has 0 spiro atoms. The molecule has 1 aromatic rings. The zero-order valence-corrected chi connectivity index (χ0v) is 11.5. The predicted octanol–water partition coefficient (Wildman–Crippen LogP) is 1.95. The van der Waals surface area contributed by atoms with Gasteiger partial charge >= 0.3 is 0 Å². The Morgan fingerprint density at radius 1 is 1.44 bits per heavy atom. The lowest BCUT2D eigenvalue weighted by Crippen LogP contribution is -2.50. The highest BCUT2D eigenvalue weighted by Crippen LogP contribution is 2.17. The first-order valence-corrected chi connectivity index (χ1v) is 6.82. The zero-order valence-electron chi connectivity index (χ0n) is 10.6. The van der Waals surface area contributed by atoms with Crippen LogP contribution in [0.1, 0.15) is 31.2 Å². The molecule has 0 aliphatic heterocycles. The number of nitrogens with two attached hydrogens (primary N) is 1. The third-order valence-corrected chi connectivity index (χ3v) is 3.60. The van der Waals surface area contributed by atoms with Gasteiger partial charge in [-0.2, -0.15) is 0 Å². The maximum Gasteiger partial charge on any atom is 0.172 e. The number of anilines is 1. The Bertz CT molecular complexity index is 421. The van der Waals surface area contributed by atoms with Crippen LogP contribution in [-0.2, 0) is 0 Å². The summed E-state index contributed by atoms with van der Waals surface area (Å²) in [7, 11) is 0. The Morgan fingerprint density at radius 3 is 2.94 bits per heavy atom. The minimum atomic E-state index is 0.198. The fraction of sp³-hybridized carbons (Fsp3) is 0.538. The standard InChI is InChI=1S/C13H20N4S/c1-9-5-4-8-15-12(9)17-13(18)16-11-7-3-2-6-10(11)14/h4-5,8,10-11H,2-3,6-7,14H2,1H3,(H2,15,16,17,18)/t10-,11-/m1/s1. The van der Waals surface area contributed by atoms with Crippen LogP contribution in [0.5, 0.6) is 0 Å². The molecule has 1 aliphatic carbocycles. The van der Waals surface area contributed by atoms with Crippen molar-refractivity contribution in [3.8, 4) is 0 Å². The summed E-state index contributed by atoms with van der Waals surface area (Å²) in [5.41, 5.74) is 7.16. The summed E-state index contributed by atoms with van der Waals surface area (Å²) < 4.78 is 0. The van der Waals surface area contributed by atoms with Crippen LogP contribution in [0.25, 0.3) is 0 Å². The van der Waals surface area contributed by atoms with Gasteiger partial charge in [-0.3, -0.25) is 0 Å². The number of aromatic nitrogens is 1. The van der Waals surface area contributed by atoms with E-state index in [1.165, 1.54) is 12.8 Å². The molecule has 0 bridgehead atoms. The van der Waals surface area contributed by atoms with Crippen LogP contribution in [0.15, 0.2) is 18.3 Å². The van der Waals surface area contributed by atoms with Crippen LogP contribution in [0.2, 0.25) is 0 Å². The molecule has 1 fully saturated rings. The monoisotopic (exact) mass is 264 g/mol. The van der Waals surface area contributed by atoms with Crippen LogP contribution in [0.4, 0.5) is 5.82 Å². The molecule has 1 aliphatic rings. The van der Waals surface area contributed by atoms with E-state index in [9.17, 15) is 0 Å². The van der Waals surface area contributed by atoms with Crippen LogP contribution in [-0.4, -0.2) is 22.2 Å². The van der Waals surface area contributed by atoms with E-state index in [4.69, 9.17) is 18.0 Å². The molecule has 0 radical (unpaired) electrons. The molecule has 0 amide bonds. The molecule has 4 N–H and O–H groups in total. The molecule has 1 saturated carbocycles. The molecule has 5 heteroatoms. The van der Waals surface area contributed by atoms with E-state index in [1.807, 2.05) is 19.1 Å². The first kappa shape index (κ1) is 13.2. The van der Waals surface area contributed by atoms with Crippen molar-refractivity contribution in [2.75, 3.05) is 5.32 Å². The largest absolute Gasteiger partial charge is 0.358 e. The zero-order chi connectivity index (χ0) is 13.0. The fourth-order valence-electron chi connectivity index (χ4n) is 2.27. The number of aryl methyl sites for hydroxylation is 1. The molecule has 2 atom stereocenters. The van der Waals surface area contributed by atoms with Crippen molar-refractivity contribution in [3.05, 3.63) is 23.9 Å². The highest BCUT2D eigenvalue weighted by atomic mass is 32.1. The Labute approximate surface area is 113 Å². The van der Waals surface area contributed by atoms with Gasteiger partial charge in [-0.15, -0.1) is 0 Å². The molecular formula is C13H20N4S. The summed E-state index contributed by atoms with van der Waals surface area (Å²) in [6, 6.07) is 4.39. The lowest BCUT2D eigenvalue weighted by Gasteiger charge is -2.30. The minimum absolute atomic E-state index is 0.198. The number of thiocarbonyl (C=S) groups is 1. The van der Waals surface area contributed by atoms with Gasteiger partial charge in [0.05, 0.1) is 0 Å². The lowest BCUT2D eigenvalue weighted by atomic mass is 9.91. The number of hydrogen-bond donors (Lipinski definition) is 3. The second kappa shape index (κ2) is 6.11. The second-order valence-electron chi connectivity index (χ2n) is 4.82. The topological polar surface area (TPSA) is 63.0 Å². The number of rotatable bonds is 2. The van der Waals surface area contributed by atoms with E-state index < -0.39 is 0 Å². The van der Waals surface area contributed by atoms with Crippen LogP contribution in [0.3, 0.4) is 0 Å². The molecular weight excluding hydrogens is 244 g/mol. The molecule has 0 saturated heterocycles. The molecule has 18 heavy (non-hydrogen) atoms. The van der Waals surface area contributed by atoms with E-state index in [-0.39, 0.29) is 12.1 Å². The minimum Gasteiger partial charge on any atom is -0.358 e. The van der Waals surface area contributed by atoms with Gasteiger partial charge in [0, 0.05) is 18.3 Å². The average Bonchev–Trinajstić information content (AvgIpc) is 2.35. The van der Waals surface area contributed by atoms with E-state index in [1.54, 1.807) is 6.20 Å². The summed E-state index contributed by atoms with van der Waals surface area (Å²) in [5, 5.41) is 7.04. The molecule has 2 rings (SSSR count). The van der Waals surface area contributed by atoms with Crippen LogP contribution < -0.4 is 16.4 Å². The van der Waals surface area contributed by atoms with Crippen LogP contribution >= 0.6 is 12.2 Å². The molecule has 0 aromatic carbocycles. The first-order valence-electron chi connectivity index (χ1n) is 6.41. The summed E-state index contributed by atoms with van der Waals surface area (Å²) in [6.45, 7) is 2.00. The summed E-state index contributed by atoms with van der Waals surface area (Å²) >= 11 is 5.31. The van der Waals surface area contributed by atoms with Crippen molar-refractivity contribution in [1.29, 1.82) is 0 Å². The first-order chi connectivity index (χ1) is 8.66. The maximum absolute atomic E-state index is 6.09. The quantitative estimate of drug-likeness (QED) is 0.713. The van der Waals surface area contributed by atoms with Crippen molar-refractivity contribution < 1.29 is 0 Å². The Balaban J connectivity index is 1.90. The molecule has 1 heterocycles. The molecule has 4 nitrogen and oxygen atoms in total. The Morgan fingerprint density at radius 2 is 2.22 bits per heavy atom. The van der Waals surface area contributed by atoms with Gasteiger partial charge in [-0.1, -0.05) is 18.9 Å². The maximum atomic E-state index is 6.09. The van der Waals surface area contributed by atoms with Crippen molar-refractivity contribution >= 4 is 23.1 Å². The van der Waals surface area contributed by atoms with Gasteiger partial charge in [-0.05, 0) is 43.6 Å². The van der Waals surface area contributed by atoms with Crippen molar-refractivity contribution in [2.45, 2.75) is 44.7 Å². The SMILES string of the molecule is Cc1cccnc1NC(=S)N[C@@H]1CCCC[C@H]1N. The van der Waals surface area contributed by atoms with E-state index in [2.05, 4.69) is 15.6 Å². The van der Waals surface area contributed by atoms with Gasteiger partial charge < -0.3 is 16.4 Å². The average molecular weight is 264 g/mol. The highest BCUT2D eigenvalue weighted by molar-refractivity contribution is 7.80. The number of hydrogen-bond acceptors (Lipinski definition) is 3. The van der Waals surface area contributed by atoms with Gasteiger partial charge in [0.1, 0.15) is 5.82 Å². The van der Waals surface area contributed by atoms with Crippen molar-refractivity contribution in [3.63, 3.8) is 0 Å². The Hall–Kier alpha value is -1.20.